The molecule has 1 aliphatic rings. The van der Waals surface area contributed by atoms with Crippen LogP contribution in [0.15, 0.2) is 30.3 Å². The lowest BCUT2D eigenvalue weighted by Gasteiger charge is -2.36. The molecular weight excluding hydrogens is 288 g/mol. The van der Waals surface area contributed by atoms with Gasteiger partial charge in [0.1, 0.15) is 0 Å². The van der Waals surface area contributed by atoms with Gasteiger partial charge < -0.3 is 10.2 Å². The second-order valence-corrected chi connectivity index (χ2v) is 6.12. The second-order valence-electron chi connectivity index (χ2n) is 6.12. The maximum Gasteiger partial charge on any atom is 0.229 e. The van der Waals surface area contributed by atoms with Crippen LogP contribution >= 0.6 is 0 Å². The third kappa shape index (κ3) is 3.62. The van der Waals surface area contributed by atoms with Gasteiger partial charge in [-0.2, -0.15) is 5.10 Å². The van der Waals surface area contributed by atoms with Crippen molar-refractivity contribution in [3.05, 3.63) is 52.8 Å². The molecule has 23 heavy (non-hydrogen) atoms. The minimum Gasteiger partial charge on any atom is -0.333 e. The summed E-state index contributed by atoms with van der Waals surface area (Å²) in [5.41, 5.74) is 4.31. The van der Waals surface area contributed by atoms with Gasteiger partial charge in [-0.25, -0.2) is 0 Å². The smallest absolute Gasteiger partial charge is 0.229 e. The number of nitrogens with one attached hydrogen (secondary N) is 2. The minimum atomic E-state index is 0.0993. The first-order valence-corrected chi connectivity index (χ1v) is 8.27. The van der Waals surface area contributed by atoms with Crippen molar-refractivity contribution in [2.75, 3.05) is 19.6 Å². The molecule has 1 fully saturated rings. The number of benzene rings is 1. The standard InChI is InChI=1S/C18H24N4O/c1-3-14-4-6-15(7-5-14)17-12-19-8-9-22(17)18(23)11-16-10-13(2)20-21-16/h4-7,10,17,19H,3,8-9,11-12H2,1-2H3,(H,20,21). The summed E-state index contributed by atoms with van der Waals surface area (Å²) < 4.78 is 0. The fourth-order valence-electron chi connectivity index (χ4n) is 3.10. The van der Waals surface area contributed by atoms with Gasteiger partial charge in [0.15, 0.2) is 0 Å². The van der Waals surface area contributed by atoms with Crippen molar-refractivity contribution in [1.82, 2.24) is 20.4 Å². The number of piperazine rings is 1. The molecule has 3 rings (SSSR count). The van der Waals surface area contributed by atoms with Gasteiger partial charge in [-0.1, -0.05) is 31.2 Å². The maximum absolute atomic E-state index is 12.7. The molecule has 0 aliphatic carbocycles. The third-order valence-electron chi connectivity index (χ3n) is 4.43. The number of nitrogens with zero attached hydrogens (tertiary/aromatic N) is 2. The van der Waals surface area contributed by atoms with E-state index in [0.717, 1.165) is 37.4 Å². The summed E-state index contributed by atoms with van der Waals surface area (Å²) in [6.45, 7) is 6.48. The van der Waals surface area contributed by atoms with E-state index >= 15 is 0 Å². The van der Waals surface area contributed by atoms with Crippen LogP contribution < -0.4 is 5.32 Å². The second kappa shape index (κ2) is 6.96. The Morgan fingerprint density at radius 2 is 2.13 bits per heavy atom. The van der Waals surface area contributed by atoms with Crippen molar-refractivity contribution in [1.29, 1.82) is 0 Å². The highest BCUT2D eigenvalue weighted by atomic mass is 16.2. The van der Waals surface area contributed by atoms with Crippen LogP contribution in [0.4, 0.5) is 0 Å². The lowest BCUT2D eigenvalue weighted by atomic mass is 10.0. The Morgan fingerprint density at radius 3 is 2.78 bits per heavy atom. The summed E-state index contributed by atoms with van der Waals surface area (Å²) in [7, 11) is 0. The highest BCUT2D eigenvalue weighted by Gasteiger charge is 2.28. The van der Waals surface area contributed by atoms with Crippen LogP contribution in [0.1, 0.15) is 35.5 Å². The molecule has 5 heteroatoms. The summed E-state index contributed by atoms with van der Waals surface area (Å²) in [6.07, 6.45) is 1.39. The molecule has 1 atom stereocenters. The highest BCUT2D eigenvalue weighted by Crippen LogP contribution is 2.23. The van der Waals surface area contributed by atoms with E-state index in [9.17, 15) is 4.79 Å². The zero-order valence-corrected chi connectivity index (χ0v) is 13.8. The molecule has 1 amide bonds. The molecule has 122 valence electrons. The van der Waals surface area contributed by atoms with E-state index in [4.69, 9.17) is 0 Å². The summed E-state index contributed by atoms with van der Waals surface area (Å²) in [6, 6.07) is 10.6. The van der Waals surface area contributed by atoms with Crippen LogP contribution in [0.2, 0.25) is 0 Å². The minimum absolute atomic E-state index is 0.0993. The molecule has 1 saturated heterocycles. The number of carbonyl (C=O) groups excluding carboxylic acids is 1. The number of aromatic amines is 1. The molecule has 0 bridgehead atoms. The average molecular weight is 312 g/mol. The third-order valence-corrected chi connectivity index (χ3v) is 4.43. The lowest BCUT2D eigenvalue weighted by Crippen LogP contribution is -2.49. The number of aromatic nitrogens is 2. The predicted molar refractivity (Wildman–Crippen MR) is 90.2 cm³/mol. The van der Waals surface area contributed by atoms with Crippen LogP contribution in [0.5, 0.6) is 0 Å². The van der Waals surface area contributed by atoms with Crippen molar-refractivity contribution in [3.63, 3.8) is 0 Å². The van der Waals surface area contributed by atoms with Crippen LogP contribution in [-0.2, 0) is 17.6 Å². The predicted octanol–water partition coefficient (Wildman–Crippen LogP) is 2.00. The average Bonchev–Trinajstić information content (AvgIpc) is 3.00. The largest absolute Gasteiger partial charge is 0.333 e. The zero-order chi connectivity index (χ0) is 16.2. The van der Waals surface area contributed by atoms with Gasteiger partial charge in [-0.05, 0) is 30.5 Å². The fraction of sp³-hybridized carbons (Fsp3) is 0.444. The summed E-state index contributed by atoms with van der Waals surface area (Å²) in [5, 5.41) is 10.5. The number of H-pyrrole nitrogens is 1. The summed E-state index contributed by atoms with van der Waals surface area (Å²) in [4.78, 5) is 14.7. The van der Waals surface area contributed by atoms with Crippen molar-refractivity contribution in [3.8, 4) is 0 Å². The number of aryl methyl sites for hydroxylation is 2. The monoisotopic (exact) mass is 312 g/mol. The number of carbonyl (C=O) groups is 1. The van der Waals surface area contributed by atoms with Crippen LogP contribution in [0, 0.1) is 6.92 Å². The molecule has 2 heterocycles. The lowest BCUT2D eigenvalue weighted by molar-refractivity contribution is -0.133. The van der Waals surface area contributed by atoms with E-state index in [1.807, 2.05) is 17.9 Å². The molecule has 0 radical (unpaired) electrons. The molecule has 1 aromatic heterocycles. The van der Waals surface area contributed by atoms with Crippen LogP contribution in [-0.4, -0.2) is 40.6 Å². The summed E-state index contributed by atoms with van der Waals surface area (Å²) >= 11 is 0. The van der Waals surface area contributed by atoms with Gasteiger partial charge in [-0.15, -0.1) is 0 Å². The first kappa shape index (κ1) is 15.7. The normalized spacial score (nSPS) is 18.2. The van der Waals surface area contributed by atoms with Crippen molar-refractivity contribution < 1.29 is 4.79 Å². The fourth-order valence-corrected chi connectivity index (χ4v) is 3.10. The topological polar surface area (TPSA) is 61.0 Å². The first-order chi connectivity index (χ1) is 11.2. The van der Waals surface area contributed by atoms with Gasteiger partial charge in [0, 0.05) is 25.3 Å². The van der Waals surface area contributed by atoms with E-state index in [-0.39, 0.29) is 11.9 Å². The van der Waals surface area contributed by atoms with Crippen molar-refractivity contribution in [2.45, 2.75) is 32.7 Å². The van der Waals surface area contributed by atoms with Crippen molar-refractivity contribution >= 4 is 5.91 Å². The molecule has 1 unspecified atom stereocenters. The maximum atomic E-state index is 12.7. The molecule has 1 aliphatic heterocycles. The molecule has 0 saturated carbocycles. The molecular formula is C18H24N4O. The number of hydrogen-bond donors (Lipinski definition) is 2. The Labute approximate surface area is 137 Å². The van der Waals surface area contributed by atoms with E-state index < -0.39 is 0 Å². The molecule has 0 spiro atoms. The van der Waals surface area contributed by atoms with E-state index in [0.29, 0.717) is 6.42 Å². The first-order valence-electron chi connectivity index (χ1n) is 8.27. The van der Waals surface area contributed by atoms with Gasteiger partial charge in [0.05, 0.1) is 18.2 Å². The Bertz CT molecular complexity index is 662. The SMILES string of the molecule is CCc1ccc(C2CNCCN2C(=O)Cc2cc(C)[nH]n2)cc1. The molecule has 2 aromatic rings. The van der Waals surface area contributed by atoms with Gasteiger partial charge >= 0.3 is 0 Å². The van der Waals surface area contributed by atoms with Crippen molar-refractivity contribution in [2.24, 2.45) is 0 Å². The van der Waals surface area contributed by atoms with Crippen LogP contribution in [0.25, 0.3) is 0 Å². The molecule has 2 N–H and O–H groups in total. The summed E-state index contributed by atoms with van der Waals surface area (Å²) in [5.74, 6) is 0.141. The van der Waals surface area contributed by atoms with E-state index in [1.54, 1.807) is 0 Å². The highest BCUT2D eigenvalue weighted by molar-refractivity contribution is 5.79. The Hall–Kier alpha value is -2.14. The Kier molecular flexibility index (Phi) is 4.76. The zero-order valence-electron chi connectivity index (χ0n) is 13.8. The van der Waals surface area contributed by atoms with E-state index in [1.165, 1.54) is 11.1 Å². The molecule has 1 aromatic carbocycles. The number of rotatable bonds is 4. The Balaban J connectivity index is 1.75. The molecule has 5 nitrogen and oxygen atoms in total. The quantitative estimate of drug-likeness (QED) is 0.908. The van der Waals surface area contributed by atoms with Gasteiger partial charge in [0.25, 0.3) is 0 Å². The van der Waals surface area contributed by atoms with E-state index in [2.05, 4.69) is 46.7 Å². The van der Waals surface area contributed by atoms with Gasteiger partial charge in [-0.3, -0.25) is 9.89 Å². The number of hydrogen-bond acceptors (Lipinski definition) is 3. The van der Waals surface area contributed by atoms with Gasteiger partial charge in [0.2, 0.25) is 5.91 Å². The number of amides is 1. The van der Waals surface area contributed by atoms with Crippen LogP contribution in [0.3, 0.4) is 0 Å². The Morgan fingerprint density at radius 1 is 1.35 bits per heavy atom.